The van der Waals surface area contributed by atoms with Gasteiger partial charge in [0.05, 0.1) is 10.5 Å². The maximum atomic E-state index is 12.1. The molecule has 0 bridgehead atoms. The van der Waals surface area contributed by atoms with Crippen molar-refractivity contribution in [2.75, 3.05) is 18.9 Å². The molecule has 0 heterocycles. The molecule has 1 aliphatic rings. The van der Waals surface area contributed by atoms with Gasteiger partial charge in [0.1, 0.15) is 0 Å². The van der Waals surface area contributed by atoms with E-state index in [0.717, 1.165) is 18.8 Å². The van der Waals surface area contributed by atoms with E-state index >= 15 is 0 Å². The van der Waals surface area contributed by atoms with Crippen molar-refractivity contribution in [2.24, 2.45) is 5.92 Å². The molecular weight excluding hydrogens is 258 g/mol. The van der Waals surface area contributed by atoms with E-state index in [1.165, 1.54) is 25.0 Å². The Hall–Kier alpha value is -2.11. The summed E-state index contributed by atoms with van der Waals surface area (Å²) >= 11 is 0. The van der Waals surface area contributed by atoms with Gasteiger partial charge in [-0.15, -0.1) is 0 Å². The van der Waals surface area contributed by atoms with E-state index in [-0.39, 0.29) is 11.6 Å². The van der Waals surface area contributed by atoms with Gasteiger partial charge in [-0.3, -0.25) is 14.9 Å². The van der Waals surface area contributed by atoms with Crippen molar-refractivity contribution in [3.05, 3.63) is 33.9 Å². The van der Waals surface area contributed by atoms with Crippen molar-refractivity contribution in [2.45, 2.75) is 25.7 Å². The summed E-state index contributed by atoms with van der Waals surface area (Å²) in [7, 11) is 1.69. The third kappa shape index (κ3) is 3.69. The number of rotatable bonds is 7. The number of anilines is 1. The van der Waals surface area contributed by atoms with Crippen LogP contribution in [-0.2, 0) is 0 Å². The number of carbonyl (C=O) groups excluding carboxylic acids is 1. The molecule has 20 heavy (non-hydrogen) atoms. The summed E-state index contributed by atoms with van der Waals surface area (Å²) in [6.07, 6.45) is 4.72. The van der Waals surface area contributed by atoms with E-state index in [2.05, 4.69) is 10.6 Å². The maximum Gasteiger partial charge on any atom is 0.270 e. The molecule has 1 aromatic carbocycles. The number of carbonyl (C=O) groups is 1. The first-order chi connectivity index (χ1) is 9.61. The maximum absolute atomic E-state index is 12.1. The van der Waals surface area contributed by atoms with Gasteiger partial charge in [-0.05, 0) is 24.8 Å². The standard InChI is InChI=1S/C14H19N3O3/c1-15-13-7-6-11(17(19)20)9-12(13)14(18)16-8-2-3-10-4-5-10/h6-7,9-10,15H,2-5,8H2,1H3,(H,16,18). The predicted molar refractivity (Wildman–Crippen MR) is 76.9 cm³/mol. The van der Waals surface area contributed by atoms with Crippen LogP contribution < -0.4 is 10.6 Å². The van der Waals surface area contributed by atoms with Crippen LogP contribution in [0.4, 0.5) is 11.4 Å². The number of nitro benzene ring substituents is 1. The number of hydrogen-bond acceptors (Lipinski definition) is 4. The number of nitro groups is 1. The van der Waals surface area contributed by atoms with Crippen LogP contribution >= 0.6 is 0 Å². The molecule has 1 fully saturated rings. The van der Waals surface area contributed by atoms with Gasteiger partial charge in [0.25, 0.3) is 11.6 Å². The number of nitrogens with zero attached hydrogens (tertiary/aromatic N) is 1. The van der Waals surface area contributed by atoms with Gasteiger partial charge in [-0.1, -0.05) is 12.8 Å². The molecule has 0 atom stereocenters. The highest BCUT2D eigenvalue weighted by Crippen LogP contribution is 2.33. The van der Waals surface area contributed by atoms with Crippen molar-refractivity contribution in [1.82, 2.24) is 5.32 Å². The lowest BCUT2D eigenvalue weighted by Gasteiger charge is -2.09. The molecule has 0 spiro atoms. The Morgan fingerprint density at radius 2 is 2.20 bits per heavy atom. The highest BCUT2D eigenvalue weighted by molar-refractivity contribution is 6.00. The third-order valence-corrected chi connectivity index (χ3v) is 3.50. The van der Waals surface area contributed by atoms with Crippen LogP contribution in [-0.4, -0.2) is 24.4 Å². The Morgan fingerprint density at radius 3 is 2.80 bits per heavy atom. The molecule has 0 aliphatic heterocycles. The predicted octanol–water partition coefficient (Wildman–Crippen LogP) is 2.56. The average Bonchev–Trinajstić information content (AvgIpc) is 3.26. The molecule has 6 heteroatoms. The average molecular weight is 277 g/mol. The molecule has 1 amide bonds. The van der Waals surface area contributed by atoms with Gasteiger partial charge in [0.2, 0.25) is 0 Å². The number of benzene rings is 1. The van der Waals surface area contributed by atoms with Crippen molar-refractivity contribution in [3.8, 4) is 0 Å². The Bertz CT molecular complexity index is 512. The Balaban J connectivity index is 1.98. The molecule has 1 saturated carbocycles. The van der Waals surface area contributed by atoms with Crippen LogP contribution in [0, 0.1) is 16.0 Å². The van der Waals surface area contributed by atoms with Crippen molar-refractivity contribution < 1.29 is 9.72 Å². The molecule has 0 radical (unpaired) electrons. The van der Waals surface area contributed by atoms with E-state index < -0.39 is 4.92 Å². The van der Waals surface area contributed by atoms with Crippen molar-refractivity contribution in [1.29, 1.82) is 0 Å². The van der Waals surface area contributed by atoms with Crippen LogP contribution in [0.2, 0.25) is 0 Å². The lowest BCUT2D eigenvalue weighted by molar-refractivity contribution is -0.384. The van der Waals surface area contributed by atoms with Gasteiger partial charge in [0.15, 0.2) is 0 Å². The first-order valence-corrected chi connectivity index (χ1v) is 6.86. The smallest absolute Gasteiger partial charge is 0.270 e. The second-order valence-corrected chi connectivity index (χ2v) is 5.08. The minimum Gasteiger partial charge on any atom is -0.387 e. The largest absolute Gasteiger partial charge is 0.387 e. The molecule has 0 unspecified atom stereocenters. The fourth-order valence-corrected chi connectivity index (χ4v) is 2.15. The minimum atomic E-state index is -0.497. The normalized spacial score (nSPS) is 13.8. The first kappa shape index (κ1) is 14.3. The fourth-order valence-electron chi connectivity index (χ4n) is 2.15. The summed E-state index contributed by atoms with van der Waals surface area (Å²) in [5, 5.41) is 16.5. The third-order valence-electron chi connectivity index (χ3n) is 3.50. The minimum absolute atomic E-state index is 0.0767. The van der Waals surface area contributed by atoms with E-state index in [1.54, 1.807) is 13.1 Å². The number of hydrogen-bond donors (Lipinski definition) is 2. The highest BCUT2D eigenvalue weighted by Gasteiger charge is 2.20. The van der Waals surface area contributed by atoms with Gasteiger partial charge >= 0.3 is 0 Å². The SMILES string of the molecule is CNc1ccc([N+](=O)[O-])cc1C(=O)NCCCC1CC1. The molecule has 0 saturated heterocycles. The summed E-state index contributed by atoms with van der Waals surface area (Å²) in [5.41, 5.74) is 0.829. The molecule has 1 aliphatic carbocycles. The lowest BCUT2D eigenvalue weighted by atomic mass is 10.1. The van der Waals surface area contributed by atoms with Crippen LogP contribution in [0.1, 0.15) is 36.0 Å². The Labute approximate surface area is 117 Å². The molecule has 2 rings (SSSR count). The molecule has 0 aromatic heterocycles. The molecule has 2 N–H and O–H groups in total. The monoisotopic (exact) mass is 277 g/mol. The molecular formula is C14H19N3O3. The summed E-state index contributed by atoms with van der Waals surface area (Å²) in [5.74, 6) is 0.575. The summed E-state index contributed by atoms with van der Waals surface area (Å²) in [6.45, 7) is 0.612. The van der Waals surface area contributed by atoms with E-state index in [4.69, 9.17) is 0 Å². The van der Waals surface area contributed by atoms with Gasteiger partial charge < -0.3 is 10.6 Å². The fraction of sp³-hybridized carbons (Fsp3) is 0.500. The highest BCUT2D eigenvalue weighted by atomic mass is 16.6. The number of amides is 1. The Morgan fingerprint density at radius 1 is 1.45 bits per heavy atom. The number of non-ortho nitro benzene ring substituents is 1. The summed E-state index contributed by atoms with van der Waals surface area (Å²) in [6, 6.07) is 4.25. The van der Waals surface area contributed by atoms with E-state index in [9.17, 15) is 14.9 Å². The van der Waals surface area contributed by atoms with Gasteiger partial charge in [-0.2, -0.15) is 0 Å². The second-order valence-electron chi connectivity index (χ2n) is 5.08. The van der Waals surface area contributed by atoms with Crippen LogP contribution in [0.25, 0.3) is 0 Å². The van der Waals surface area contributed by atoms with Gasteiger partial charge in [0, 0.05) is 31.4 Å². The van der Waals surface area contributed by atoms with Gasteiger partial charge in [-0.25, -0.2) is 0 Å². The second kappa shape index (κ2) is 6.36. The summed E-state index contributed by atoms with van der Waals surface area (Å²) in [4.78, 5) is 22.4. The number of nitrogens with one attached hydrogen (secondary N) is 2. The van der Waals surface area contributed by atoms with Crippen LogP contribution in [0.5, 0.6) is 0 Å². The van der Waals surface area contributed by atoms with Crippen LogP contribution in [0.3, 0.4) is 0 Å². The van der Waals surface area contributed by atoms with Crippen LogP contribution in [0.15, 0.2) is 18.2 Å². The zero-order chi connectivity index (χ0) is 14.5. The van der Waals surface area contributed by atoms with E-state index in [0.29, 0.717) is 17.8 Å². The summed E-state index contributed by atoms with van der Waals surface area (Å²) < 4.78 is 0. The first-order valence-electron chi connectivity index (χ1n) is 6.86. The Kier molecular flexibility index (Phi) is 4.55. The molecule has 6 nitrogen and oxygen atoms in total. The van der Waals surface area contributed by atoms with Crippen molar-refractivity contribution >= 4 is 17.3 Å². The lowest BCUT2D eigenvalue weighted by Crippen LogP contribution is -2.25. The molecule has 108 valence electrons. The molecule has 1 aromatic rings. The van der Waals surface area contributed by atoms with E-state index in [1.807, 2.05) is 0 Å². The quantitative estimate of drug-likeness (QED) is 0.455. The topological polar surface area (TPSA) is 84.3 Å². The van der Waals surface area contributed by atoms with Crippen molar-refractivity contribution in [3.63, 3.8) is 0 Å². The zero-order valence-electron chi connectivity index (χ0n) is 11.5. The zero-order valence-corrected chi connectivity index (χ0v) is 11.5.